The SMILES string of the molecule is CC1(C)O[C@H]2O[C@H]([C@@H](COCc3ccccc3)N=[N+]=[N-])[C@H](OCc3ccccc3)[C@H]2O1. The molecule has 2 fully saturated rings. The summed E-state index contributed by atoms with van der Waals surface area (Å²) in [6.45, 7) is 4.66. The van der Waals surface area contributed by atoms with E-state index in [0.717, 1.165) is 11.1 Å². The number of rotatable bonds is 9. The third kappa shape index (κ3) is 5.43. The molecule has 0 spiro atoms. The van der Waals surface area contributed by atoms with Gasteiger partial charge in [0.2, 0.25) is 0 Å². The first-order chi connectivity index (χ1) is 15.1. The van der Waals surface area contributed by atoms with Crippen LogP contribution in [0.2, 0.25) is 0 Å². The third-order valence-electron chi connectivity index (χ3n) is 5.29. The lowest BCUT2D eigenvalue weighted by atomic mass is 10.0. The number of fused-ring (bicyclic) bond motifs is 1. The first kappa shape index (κ1) is 21.8. The number of nitrogens with zero attached hydrogens (tertiary/aromatic N) is 3. The van der Waals surface area contributed by atoms with E-state index in [2.05, 4.69) is 10.0 Å². The van der Waals surface area contributed by atoms with Crippen LogP contribution < -0.4 is 0 Å². The van der Waals surface area contributed by atoms with Gasteiger partial charge in [-0.1, -0.05) is 65.8 Å². The fourth-order valence-electron chi connectivity index (χ4n) is 3.90. The van der Waals surface area contributed by atoms with Gasteiger partial charge < -0.3 is 23.7 Å². The van der Waals surface area contributed by atoms with E-state index in [1.807, 2.05) is 74.5 Å². The molecule has 0 amide bonds. The summed E-state index contributed by atoms with van der Waals surface area (Å²) in [7, 11) is 0. The Bertz CT molecular complexity index is 889. The zero-order valence-corrected chi connectivity index (χ0v) is 17.7. The summed E-state index contributed by atoms with van der Waals surface area (Å²) in [4.78, 5) is 3.01. The first-order valence-electron chi connectivity index (χ1n) is 10.4. The molecule has 0 aromatic heterocycles. The smallest absolute Gasteiger partial charge is 0.190 e. The molecule has 0 saturated carbocycles. The van der Waals surface area contributed by atoms with Crippen LogP contribution in [0, 0.1) is 0 Å². The Labute approximate surface area is 181 Å². The van der Waals surface area contributed by atoms with Crippen LogP contribution in [0.1, 0.15) is 25.0 Å². The van der Waals surface area contributed by atoms with Crippen molar-refractivity contribution in [2.75, 3.05) is 6.61 Å². The van der Waals surface area contributed by atoms with Crippen LogP contribution in [-0.4, -0.2) is 43.0 Å². The quantitative estimate of drug-likeness (QED) is 0.338. The Balaban J connectivity index is 1.46. The van der Waals surface area contributed by atoms with Gasteiger partial charge in [-0.05, 0) is 30.5 Å². The average Bonchev–Trinajstić information content (AvgIpc) is 3.24. The highest BCUT2D eigenvalue weighted by Crippen LogP contribution is 2.40. The second-order valence-electron chi connectivity index (χ2n) is 8.10. The number of benzene rings is 2. The fourth-order valence-corrected chi connectivity index (χ4v) is 3.90. The zero-order valence-electron chi connectivity index (χ0n) is 17.7. The molecule has 2 aliphatic rings. The monoisotopic (exact) mass is 425 g/mol. The van der Waals surface area contributed by atoms with Gasteiger partial charge in [0.1, 0.15) is 18.3 Å². The molecule has 2 aliphatic heterocycles. The van der Waals surface area contributed by atoms with Gasteiger partial charge in [0.25, 0.3) is 0 Å². The van der Waals surface area contributed by atoms with Crippen LogP contribution in [-0.2, 0) is 36.9 Å². The van der Waals surface area contributed by atoms with Gasteiger partial charge in [-0.2, -0.15) is 0 Å². The van der Waals surface area contributed by atoms with Gasteiger partial charge in [0.05, 0.1) is 25.9 Å². The van der Waals surface area contributed by atoms with Crippen LogP contribution in [0.3, 0.4) is 0 Å². The minimum atomic E-state index is -0.771. The van der Waals surface area contributed by atoms with Crippen molar-refractivity contribution < 1.29 is 23.7 Å². The van der Waals surface area contributed by atoms with Crippen LogP contribution in [0.4, 0.5) is 0 Å². The minimum Gasteiger partial charge on any atom is -0.376 e. The predicted molar refractivity (Wildman–Crippen MR) is 113 cm³/mol. The topological polar surface area (TPSA) is 94.9 Å². The molecule has 0 N–H and O–H groups in total. The summed E-state index contributed by atoms with van der Waals surface area (Å²) in [6, 6.07) is 19.1. The van der Waals surface area contributed by atoms with E-state index in [0.29, 0.717) is 13.2 Å². The number of ether oxygens (including phenoxy) is 5. The standard InChI is InChI=1S/C23H27N3O5/c1-23(2)30-21-20(28-14-17-11-7-4-8-12-17)19(29-22(21)31-23)18(25-26-24)15-27-13-16-9-5-3-6-10-16/h3-12,18-22H,13-15H2,1-2H3/t18-,19-,20+,21-,22-/m1/s1. The van der Waals surface area contributed by atoms with Gasteiger partial charge in [-0.25, -0.2) is 0 Å². The number of hydrogen-bond acceptors (Lipinski definition) is 6. The van der Waals surface area contributed by atoms with Gasteiger partial charge in [-0.3, -0.25) is 0 Å². The van der Waals surface area contributed by atoms with Crippen molar-refractivity contribution in [3.63, 3.8) is 0 Å². The highest BCUT2D eigenvalue weighted by Gasteiger charge is 2.57. The molecule has 164 valence electrons. The molecular formula is C23H27N3O5. The molecule has 2 heterocycles. The lowest BCUT2D eigenvalue weighted by molar-refractivity contribution is -0.222. The molecule has 2 saturated heterocycles. The molecule has 8 nitrogen and oxygen atoms in total. The Morgan fingerprint density at radius 2 is 1.65 bits per heavy atom. The Kier molecular flexibility index (Phi) is 6.87. The maximum atomic E-state index is 9.14. The molecule has 5 atom stereocenters. The molecular weight excluding hydrogens is 398 g/mol. The van der Waals surface area contributed by atoms with E-state index in [1.54, 1.807) is 0 Å². The minimum absolute atomic E-state index is 0.192. The van der Waals surface area contributed by atoms with Crippen LogP contribution >= 0.6 is 0 Å². The Morgan fingerprint density at radius 3 is 2.29 bits per heavy atom. The van der Waals surface area contributed by atoms with E-state index in [1.165, 1.54) is 0 Å². The average molecular weight is 425 g/mol. The summed E-state index contributed by atoms with van der Waals surface area (Å²) in [6.07, 6.45) is -2.04. The summed E-state index contributed by atoms with van der Waals surface area (Å²) < 4.78 is 30.1. The normalized spacial score (nSPS) is 27.4. The second kappa shape index (κ2) is 9.78. The van der Waals surface area contributed by atoms with Crippen molar-refractivity contribution in [1.82, 2.24) is 0 Å². The summed E-state index contributed by atoms with van der Waals surface area (Å²) in [5.41, 5.74) is 11.2. The summed E-state index contributed by atoms with van der Waals surface area (Å²) >= 11 is 0. The van der Waals surface area contributed by atoms with Gasteiger partial charge in [0.15, 0.2) is 12.1 Å². The summed E-state index contributed by atoms with van der Waals surface area (Å²) in [5.74, 6) is -0.771. The molecule has 8 heteroatoms. The van der Waals surface area contributed by atoms with Crippen molar-refractivity contribution in [2.24, 2.45) is 5.11 Å². The number of hydrogen-bond donors (Lipinski definition) is 0. The second-order valence-corrected chi connectivity index (χ2v) is 8.10. The third-order valence-corrected chi connectivity index (χ3v) is 5.29. The Morgan fingerprint density at radius 1 is 1.00 bits per heavy atom. The van der Waals surface area contributed by atoms with E-state index in [-0.39, 0.29) is 6.61 Å². The molecule has 2 aromatic rings. The Hall–Kier alpha value is -2.45. The van der Waals surface area contributed by atoms with Crippen molar-refractivity contribution >= 4 is 0 Å². The number of azide groups is 1. The molecule has 4 rings (SSSR count). The van der Waals surface area contributed by atoms with Crippen molar-refractivity contribution in [3.8, 4) is 0 Å². The van der Waals surface area contributed by atoms with Gasteiger partial charge >= 0.3 is 0 Å². The molecule has 0 aliphatic carbocycles. The maximum Gasteiger partial charge on any atom is 0.190 e. The highest BCUT2D eigenvalue weighted by molar-refractivity contribution is 5.14. The van der Waals surface area contributed by atoms with E-state index in [9.17, 15) is 0 Å². The van der Waals surface area contributed by atoms with Crippen LogP contribution in [0.25, 0.3) is 10.4 Å². The lowest BCUT2D eigenvalue weighted by Crippen LogP contribution is -2.43. The van der Waals surface area contributed by atoms with Gasteiger partial charge in [0, 0.05) is 4.91 Å². The largest absolute Gasteiger partial charge is 0.376 e. The van der Waals surface area contributed by atoms with Crippen LogP contribution in [0.5, 0.6) is 0 Å². The van der Waals surface area contributed by atoms with Crippen LogP contribution in [0.15, 0.2) is 65.8 Å². The maximum absolute atomic E-state index is 9.14. The van der Waals surface area contributed by atoms with E-state index in [4.69, 9.17) is 29.2 Å². The summed E-state index contributed by atoms with van der Waals surface area (Å²) in [5, 5.41) is 3.95. The molecule has 0 unspecified atom stereocenters. The van der Waals surface area contributed by atoms with E-state index >= 15 is 0 Å². The zero-order chi connectivity index (χ0) is 21.7. The highest BCUT2D eigenvalue weighted by atomic mass is 16.8. The first-order valence-corrected chi connectivity index (χ1v) is 10.4. The molecule has 31 heavy (non-hydrogen) atoms. The molecule has 2 aromatic carbocycles. The fraction of sp³-hybridized carbons (Fsp3) is 0.478. The van der Waals surface area contributed by atoms with Crippen molar-refractivity contribution in [1.29, 1.82) is 0 Å². The lowest BCUT2D eigenvalue weighted by Gasteiger charge is -2.29. The molecule has 0 radical (unpaired) electrons. The molecule has 0 bridgehead atoms. The van der Waals surface area contributed by atoms with Gasteiger partial charge in [-0.15, -0.1) is 0 Å². The van der Waals surface area contributed by atoms with Crippen molar-refractivity contribution in [2.45, 2.75) is 63.5 Å². The predicted octanol–water partition coefficient (Wildman–Crippen LogP) is 4.34. The van der Waals surface area contributed by atoms with Crippen molar-refractivity contribution in [3.05, 3.63) is 82.2 Å². The van der Waals surface area contributed by atoms with E-state index < -0.39 is 36.4 Å².